The third kappa shape index (κ3) is 4.08. The molecule has 0 amide bonds. The summed E-state index contributed by atoms with van der Waals surface area (Å²) in [6.07, 6.45) is 2.14. The molecule has 1 unspecified atom stereocenters. The number of aromatic nitrogens is 4. The zero-order valence-electron chi connectivity index (χ0n) is 15.3. The van der Waals surface area contributed by atoms with Crippen molar-refractivity contribution in [3.63, 3.8) is 0 Å². The van der Waals surface area contributed by atoms with Gasteiger partial charge in [-0.1, -0.05) is 42.5 Å². The van der Waals surface area contributed by atoms with Gasteiger partial charge in [-0.25, -0.2) is 15.0 Å². The SMILES string of the molecule is Cc1cc(C)nc(OC(Cc2cnc3ccccc3n2)c2ccccc2)n1. The van der Waals surface area contributed by atoms with Crippen LogP contribution in [-0.2, 0) is 6.42 Å². The van der Waals surface area contributed by atoms with E-state index in [1.165, 1.54) is 0 Å². The van der Waals surface area contributed by atoms with Gasteiger partial charge in [0.1, 0.15) is 6.10 Å². The number of ether oxygens (including phenoxy) is 1. The lowest BCUT2D eigenvalue weighted by Crippen LogP contribution is -2.14. The molecule has 4 aromatic rings. The van der Waals surface area contributed by atoms with Crippen LogP contribution in [0, 0.1) is 13.8 Å². The molecule has 4 rings (SSSR count). The van der Waals surface area contributed by atoms with Crippen LogP contribution in [-0.4, -0.2) is 19.9 Å². The van der Waals surface area contributed by atoms with Crippen molar-refractivity contribution in [3.8, 4) is 6.01 Å². The fourth-order valence-corrected chi connectivity index (χ4v) is 3.05. The molecule has 0 spiro atoms. The first-order valence-electron chi connectivity index (χ1n) is 8.92. The van der Waals surface area contributed by atoms with Gasteiger partial charge in [0.2, 0.25) is 0 Å². The number of benzene rings is 2. The second kappa shape index (κ2) is 7.50. The number of rotatable bonds is 5. The van der Waals surface area contributed by atoms with Crippen LogP contribution in [0.2, 0.25) is 0 Å². The summed E-state index contributed by atoms with van der Waals surface area (Å²) in [7, 11) is 0. The Kier molecular flexibility index (Phi) is 4.75. The van der Waals surface area contributed by atoms with Gasteiger partial charge in [-0.3, -0.25) is 4.98 Å². The maximum Gasteiger partial charge on any atom is 0.317 e. The number of nitrogens with zero attached hydrogens (tertiary/aromatic N) is 4. The van der Waals surface area contributed by atoms with Gasteiger partial charge in [-0.2, -0.15) is 0 Å². The quantitative estimate of drug-likeness (QED) is 0.530. The Morgan fingerprint density at radius 1 is 0.815 bits per heavy atom. The zero-order valence-corrected chi connectivity index (χ0v) is 15.3. The highest BCUT2D eigenvalue weighted by Crippen LogP contribution is 2.24. The van der Waals surface area contributed by atoms with Crippen molar-refractivity contribution >= 4 is 11.0 Å². The summed E-state index contributed by atoms with van der Waals surface area (Å²) in [5, 5.41) is 0. The second-order valence-electron chi connectivity index (χ2n) is 6.50. The normalized spacial score (nSPS) is 12.1. The lowest BCUT2D eigenvalue weighted by atomic mass is 10.0. The Bertz CT molecular complexity index is 1050. The molecule has 0 bridgehead atoms. The highest BCUT2D eigenvalue weighted by atomic mass is 16.5. The van der Waals surface area contributed by atoms with E-state index in [9.17, 15) is 0 Å². The molecule has 2 aromatic heterocycles. The van der Waals surface area contributed by atoms with Crippen LogP contribution in [0.15, 0.2) is 66.9 Å². The van der Waals surface area contributed by atoms with Gasteiger partial charge in [0.15, 0.2) is 0 Å². The minimum absolute atomic E-state index is 0.247. The summed E-state index contributed by atoms with van der Waals surface area (Å²) >= 11 is 0. The van der Waals surface area contributed by atoms with Crippen LogP contribution in [0.1, 0.15) is 28.7 Å². The molecule has 0 fully saturated rings. The highest BCUT2D eigenvalue weighted by molar-refractivity contribution is 5.73. The topological polar surface area (TPSA) is 60.8 Å². The number of aryl methyl sites for hydroxylation is 2. The van der Waals surface area contributed by atoms with Crippen molar-refractivity contribution in [2.75, 3.05) is 0 Å². The van der Waals surface area contributed by atoms with E-state index in [4.69, 9.17) is 9.72 Å². The lowest BCUT2D eigenvalue weighted by molar-refractivity contribution is 0.186. The van der Waals surface area contributed by atoms with E-state index in [0.717, 1.165) is 33.7 Å². The van der Waals surface area contributed by atoms with Crippen molar-refractivity contribution in [2.45, 2.75) is 26.4 Å². The van der Waals surface area contributed by atoms with Crippen molar-refractivity contribution in [2.24, 2.45) is 0 Å². The monoisotopic (exact) mass is 356 g/mol. The maximum absolute atomic E-state index is 6.19. The molecule has 27 heavy (non-hydrogen) atoms. The predicted molar refractivity (Wildman–Crippen MR) is 105 cm³/mol. The molecule has 0 aliphatic carbocycles. The number of hydrogen-bond acceptors (Lipinski definition) is 5. The smallest absolute Gasteiger partial charge is 0.317 e. The summed E-state index contributed by atoms with van der Waals surface area (Å²) in [6.45, 7) is 3.88. The molecular formula is C22H20N4O. The minimum atomic E-state index is -0.247. The molecule has 0 N–H and O–H groups in total. The molecule has 1 atom stereocenters. The Morgan fingerprint density at radius 2 is 1.48 bits per heavy atom. The summed E-state index contributed by atoms with van der Waals surface area (Å²) in [6, 6.07) is 20.2. The van der Waals surface area contributed by atoms with Crippen molar-refractivity contribution in [1.82, 2.24) is 19.9 Å². The average Bonchev–Trinajstić information content (AvgIpc) is 2.67. The van der Waals surface area contributed by atoms with Gasteiger partial charge in [-0.15, -0.1) is 0 Å². The number of para-hydroxylation sites is 2. The Morgan fingerprint density at radius 3 is 2.22 bits per heavy atom. The van der Waals surface area contributed by atoms with Crippen LogP contribution in [0.5, 0.6) is 6.01 Å². The molecule has 0 saturated carbocycles. The molecular weight excluding hydrogens is 336 g/mol. The van der Waals surface area contributed by atoms with Crippen molar-refractivity contribution in [3.05, 3.63) is 89.5 Å². The summed E-state index contributed by atoms with van der Waals surface area (Å²) in [5.41, 5.74) is 5.45. The lowest BCUT2D eigenvalue weighted by Gasteiger charge is -2.18. The summed E-state index contributed by atoms with van der Waals surface area (Å²) in [4.78, 5) is 18.1. The van der Waals surface area contributed by atoms with Crippen LogP contribution < -0.4 is 4.74 Å². The average molecular weight is 356 g/mol. The minimum Gasteiger partial charge on any atom is -0.455 e. The second-order valence-corrected chi connectivity index (χ2v) is 6.50. The molecule has 5 heteroatoms. The Labute approximate surface area is 158 Å². The fourth-order valence-electron chi connectivity index (χ4n) is 3.05. The molecule has 134 valence electrons. The van der Waals surface area contributed by atoms with Crippen LogP contribution in [0.3, 0.4) is 0 Å². The van der Waals surface area contributed by atoms with E-state index in [2.05, 4.69) is 15.0 Å². The third-order valence-electron chi connectivity index (χ3n) is 4.27. The van der Waals surface area contributed by atoms with Gasteiger partial charge in [0.25, 0.3) is 0 Å². The van der Waals surface area contributed by atoms with E-state index in [0.29, 0.717) is 12.4 Å². The largest absolute Gasteiger partial charge is 0.455 e. The van der Waals surface area contributed by atoms with E-state index < -0.39 is 0 Å². The molecule has 0 aliphatic heterocycles. The Balaban J connectivity index is 1.66. The van der Waals surface area contributed by atoms with Gasteiger partial charge < -0.3 is 4.74 Å². The van der Waals surface area contributed by atoms with Crippen molar-refractivity contribution in [1.29, 1.82) is 0 Å². The van der Waals surface area contributed by atoms with Crippen molar-refractivity contribution < 1.29 is 4.74 Å². The van der Waals surface area contributed by atoms with Gasteiger partial charge in [-0.05, 0) is 37.6 Å². The molecule has 0 aliphatic rings. The first-order valence-corrected chi connectivity index (χ1v) is 8.92. The standard InChI is InChI=1S/C22H20N4O/c1-15-12-16(2)25-22(24-15)27-21(17-8-4-3-5-9-17)13-18-14-23-19-10-6-7-11-20(19)26-18/h3-12,14,21H,13H2,1-2H3. The Hall–Kier alpha value is -3.34. The molecule has 5 nitrogen and oxygen atoms in total. The van der Waals surface area contributed by atoms with E-state index >= 15 is 0 Å². The molecule has 0 saturated heterocycles. The predicted octanol–water partition coefficient (Wildman–Crippen LogP) is 4.40. The highest BCUT2D eigenvalue weighted by Gasteiger charge is 2.17. The van der Waals surface area contributed by atoms with Gasteiger partial charge in [0, 0.05) is 24.0 Å². The van der Waals surface area contributed by atoms with E-state index in [1.807, 2.05) is 80.7 Å². The first kappa shape index (κ1) is 17.1. The van der Waals surface area contributed by atoms with Gasteiger partial charge >= 0.3 is 6.01 Å². The fraction of sp³-hybridized carbons (Fsp3) is 0.182. The molecule has 0 radical (unpaired) electrons. The molecule has 2 aromatic carbocycles. The third-order valence-corrected chi connectivity index (χ3v) is 4.27. The van der Waals surface area contributed by atoms with E-state index in [1.54, 1.807) is 0 Å². The van der Waals surface area contributed by atoms with Crippen LogP contribution >= 0.6 is 0 Å². The number of fused-ring (bicyclic) bond motifs is 1. The first-order chi connectivity index (χ1) is 13.2. The molecule has 2 heterocycles. The van der Waals surface area contributed by atoms with Crippen LogP contribution in [0.25, 0.3) is 11.0 Å². The van der Waals surface area contributed by atoms with Gasteiger partial charge in [0.05, 0.1) is 16.7 Å². The summed E-state index contributed by atoms with van der Waals surface area (Å²) < 4.78 is 6.19. The maximum atomic E-state index is 6.19. The van der Waals surface area contributed by atoms with E-state index in [-0.39, 0.29) is 6.10 Å². The number of hydrogen-bond donors (Lipinski definition) is 0. The summed E-state index contributed by atoms with van der Waals surface area (Å²) in [5.74, 6) is 0. The zero-order chi connectivity index (χ0) is 18.6. The van der Waals surface area contributed by atoms with Crippen LogP contribution in [0.4, 0.5) is 0 Å².